The number of nitriles is 1. The van der Waals surface area contributed by atoms with E-state index in [-0.39, 0.29) is 11.4 Å². The van der Waals surface area contributed by atoms with Gasteiger partial charge in [-0.3, -0.25) is 4.79 Å². The molecule has 3 aromatic rings. The third-order valence-electron chi connectivity index (χ3n) is 4.86. The van der Waals surface area contributed by atoms with Gasteiger partial charge in [-0.15, -0.1) is 0 Å². The number of hydrogen-bond acceptors (Lipinski definition) is 7. The maximum absolute atomic E-state index is 12.4. The molecule has 0 aliphatic carbocycles. The lowest BCUT2D eigenvalue weighted by atomic mass is 10.1. The van der Waals surface area contributed by atoms with Gasteiger partial charge >= 0.3 is 0 Å². The van der Waals surface area contributed by atoms with Gasteiger partial charge in [-0.2, -0.15) is 5.26 Å². The fourth-order valence-corrected chi connectivity index (χ4v) is 3.24. The maximum Gasteiger partial charge on any atom is 0.267 e. The zero-order chi connectivity index (χ0) is 24.5. The van der Waals surface area contributed by atoms with Crippen LogP contribution < -0.4 is 19.5 Å². The number of methoxy groups -OCH3 is 1. The fourth-order valence-electron chi connectivity index (χ4n) is 3.24. The molecule has 0 radical (unpaired) electrons. The van der Waals surface area contributed by atoms with Crippen molar-refractivity contribution < 1.29 is 23.5 Å². The lowest BCUT2D eigenvalue weighted by Gasteiger charge is -2.13. The smallest absolute Gasteiger partial charge is 0.267 e. The highest BCUT2D eigenvalue weighted by Crippen LogP contribution is 2.29. The van der Waals surface area contributed by atoms with Crippen molar-refractivity contribution in [2.45, 2.75) is 27.2 Å². The normalized spacial score (nSPS) is 11.0. The van der Waals surface area contributed by atoms with E-state index in [0.717, 1.165) is 17.7 Å². The number of ether oxygens (including phenoxy) is 3. The molecule has 8 nitrogen and oxygen atoms in total. The molecule has 0 saturated heterocycles. The number of rotatable bonds is 10. The van der Waals surface area contributed by atoms with Gasteiger partial charge in [0.05, 0.1) is 7.11 Å². The molecule has 0 aliphatic rings. The van der Waals surface area contributed by atoms with Crippen molar-refractivity contribution in [1.82, 2.24) is 5.16 Å². The molecule has 3 rings (SSSR count). The van der Waals surface area contributed by atoms with Crippen molar-refractivity contribution in [3.63, 3.8) is 0 Å². The highest BCUT2D eigenvalue weighted by Gasteiger charge is 2.13. The summed E-state index contributed by atoms with van der Waals surface area (Å²) in [6.45, 7) is 6.55. The van der Waals surface area contributed by atoms with Crippen LogP contribution in [0.1, 0.15) is 29.4 Å². The van der Waals surface area contributed by atoms with E-state index >= 15 is 0 Å². The summed E-state index contributed by atoms with van der Waals surface area (Å²) in [6, 6.07) is 14.8. The van der Waals surface area contributed by atoms with Crippen LogP contribution in [0.4, 0.5) is 5.82 Å². The lowest BCUT2D eigenvalue weighted by Crippen LogP contribution is -2.13. The first kappa shape index (κ1) is 24.4. The van der Waals surface area contributed by atoms with E-state index in [1.807, 2.05) is 25.1 Å². The summed E-state index contributed by atoms with van der Waals surface area (Å²) in [5, 5.41) is 15.6. The fraction of sp³-hybridized carbons (Fsp3) is 0.269. The summed E-state index contributed by atoms with van der Waals surface area (Å²) in [5.41, 5.74) is 2.90. The Balaban J connectivity index is 1.62. The molecule has 2 aromatic carbocycles. The quantitative estimate of drug-likeness (QED) is 0.261. The Kier molecular flexibility index (Phi) is 8.30. The van der Waals surface area contributed by atoms with Crippen molar-refractivity contribution in [2.75, 3.05) is 25.6 Å². The van der Waals surface area contributed by atoms with Crippen molar-refractivity contribution in [3.05, 3.63) is 70.5 Å². The molecule has 1 amide bonds. The molecular formula is C26H27N3O5. The molecule has 0 unspecified atom stereocenters. The summed E-state index contributed by atoms with van der Waals surface area (Å²) >= 11 is 0. The first-order chi connectivity index (χ1) is 16.4. The molecule has 0 aliphatic heterocycles. The summed E-state index contributed by atoms with van der Waals surface area (Å²) in [7, 11) is 1.52. The first-order valence-electron chi connectivity index (χ1n) is 10.8. The van der Waals surface area contributed by atoms with Crippen LogP contribution in [0.3, 0.4) is 0 Å². The molecule has 1 aromatic heterocycles. The number of hydrogen-bond donors (Lipinski definition) is 1. The monoisotopic (exact) mass is 461 g/mol. The average Bonchev–Trinajstić information content (AvgIpc) is 3.24. The van der Waals surface area contributed by atoms with Gasteiger partial charge in [0.2, 0.25) is 0 Å². The molecule has 0 bridgehead atoms. The number of nitrogens with one attached hydrogen (secondary N) is 1. The van der Waals surface area contributed by atoms with Crippen molar-refractivity contribution >= 4 is 17.8 Å². The van der Waals surface area contributed by atoms with Gasteiger partial charge in [0.15, 0.2) is 17.3 Å². The van der Waals surface area contributed by atoms with Crippen LogP contribution in [-0.2, 0) is 11.2 Å². The Morgan fingerprint density at radius 3 is 2.59 bits per heavy atom. The van der Waals surface area contributed by atoms with Gasteiger partial charge in [0, 0.05) is 6.07 Å². The standard InChI is InChI=1S/C26H27N3O5/c1-5-19-10-17(2)11-22(14-19)32-8-9-33-23-7-6-20(15-24(23)31-4)13-21(16-27)26(30)28-25-12-18(3)34-29-25/h6-7,10-15H,5,8-9H2,1-4H3,(H,28,29,30). The molecule has 34 heavy (non-hydrogen) atoms. The summed E-state index contributed by atoms with van der Waals surface area (Å²) in [6.07, 6.45) is 2.41. The highest BCUT2D eigenvalue weighted by atomic mass is 16.5. The van der Waals surface area contributed by atoms with Crippen molar-refractivity contribution in [3.8, 4) is 23.3 Å². The van der Waals surface area contributed by atoms with Crippen LogP contribution in [0, 0.1) is 25.2 Å². The highest BCUT2D eigenvalue weighted by molar-refractivity contribution is 6.09. The molecule has 0 saturated carbocycles. The number of benzene rings is 2. The first-order valence-corrected chi connectivity index (χ1v) is 10.8. The minimum Gasteiger partial charge on any atom is -0.493 e. The predicted molar refractivity (Wildman–Crippen MR) is 128 cm³/mol. The van der Waals surface area contributed by atoms with Gasteiger partial charge in [-0.25, -0.2) is 0 Å². The molecule has 1 N–H and O–H groups in total. The van der Waals surface area contributed by atoms with Crippen LogP contribution in [0.5, 0.6) is 17.2 Å². The number of aryl methyl sites for hydroxylation is 3. The Labute approximate surface area is 198 Å². The van der Waals surface area contributed by atoms with E-state index in [9.17, 15) is 10.1 Å². The molecule has 176 valence electrons. The molecule has 0 spiro atoms. The topological polar surface area (TPSA) is 107 Å². The third-order valence-corrected chi connectivity index (χ3v) is 4.86. The van der Waals surface area contributed by atoms with Crippen molar-refractivity contribution in [1.29, 1.82) is 5.26 Å². The molecule has 0 fully saturated rings. The van der Waals surface area contributed by atoms with Crippen LogP contribution >= 0.6 is 0 Å². The van der Waals surface area contributed by atoms with E-state index in [2.05, 4.69) is 23.5 Å². The second-order valence-electron chi connectivity index (χ2n) is 7.56. The van der Waals surface area contributed by atoms with Crippen LogP contribution in [0.15, 0.2) is 52.6 Å². The van der Waals surface area contributed by atoms with E-state index in [4.69, 9.17) is 18.7 Å². The molecule has 8 heteroatoms. The molecule has 1 heterocycles. The van der Waals surface area contributed by atoms with Gasteiger partial charge < -0.3 is 24.1 Å². The zero-order valence-electron chi connectivity index (χ0n) is 19.7. The number of amides is 1. The second kappa shape index (κ2) is 11.6. The van der Waals surface area contributed by atoms with E-state index in [0.29, 0.717) is 36.0 Å². The van der Waals surface area contributed by atoms with E-state index < -0.39 is 5.91 Å². The van der Waals surface area contributed by atoms with Crippen LogP contribution in [0.25, 0.3) is 6.08 Å². The Morgan fingerprint density at radius 2 is 1.91 bits per heavy atom. The summed E-state index contributed by atoms with van der Waals surface area (Å²) in [5.74, 6) is 2.02. The SMILES string of the molecule is CCc1cc(C)cc(OCCOc2ccc(C=C(C#N)C(=O)Nc3cc(C)on3)cc2OC)c1. The minimum atomic E-state index is -0.588. The zero-order valence-corrected chi connectivity index (χ0v) is 19.7. The average molecular weight is 462 g/mol. The third kappa shape index (κ3) is 6.62. The second-order valence-corrected chi connectivity index (χ2v) is 7.56. The molecule has 0 atom stereocenters. The van der Waals surface area contributed by atoms with Gasteiger partial charge in [-0.1, -0.05) is 24.2 Å². The number of carbonyl (C=O) groups is 1. The summed E-state index contributed by atoms with van der Waals surface area (Å²) in [4.78, 5) is 12.4. The Hall–Kier alpha value is -4.25. The number of carbonyl (C=O) groups excluding carboxylic acids is 1. The largest absolute Gasteiger partial charge is 0.493 e. The number of nitrogens with zero attached hydrogens (tertiary/aromatic N) is 2. The lowest BCUT2D eigenvalue weighted by molar-refractivity contribution is -0.112. The van der Waals surface area contributed by atoms with E-state index in [1.165, 1.54) is 18.7 Å². The predicted octanol–water partition coefficient (Wildman–Crippen LogP) is 4.87. The minimum absolute atomic E-state index is 0.0885. The van der Waals surface area contributed by atoms with Crippen LogP contribution in [-0.4, -0.2) is 31.4 Å². The number of anilines is 1. The van der Waals surface area contributed by atoms with Crippen LogP contribution in [0.2, 0.25) is 0 Å². The molecular weight excluding hydrogens is 434 g/mol. The van der Waals surface area contributed by atoms with Crippen molar-refractivity contribution in [2.24, 2.45) is 0 Å². The Bertz CT molecular complexity index is 1220. The van der Waals surface area contributed by atoms with Gasteiger partial charge in [0.1, 0.15) is 36.4 Å². The summed E-state index contributed by atoms with van der Waals surface area (Å²) < 4.78 is 22.0. The maximum atomic E-state index is 12.4. The van der Waals surface area contributed by atoms with Gasteiger partial charge in [0.25, 0.3) is 5.91 Å². The number of aromatic nitrogens is 1. The van der Waals surface area contributed by atoms with Gasteiger partial charge in [-0.05, 0) is 67.3 Å². The van der Waals surface area contributed by atoms with E-state index in [1.54, 1.807) is 31.2 Å². The Morgan fingerprint density at radius 1 is 1.12 bits per heavy atom.